The molecule has 3 aliphatic rings. The van der Waals surface area contributed by atoms with Gasteiger partial charge in [0.2, 0.25) is 0 Å². The summed E-state index contributed by atoms with van der Waals surface area (Å²) in [7, 11) is 1.63. The highest BCUT2D eigenvalue weighted by Gasteiger charge is 2.40. The molecular formula is C32H26F4N2O3S. The van der Waals surface area contributed by atoms with Crippen molar-refractivity contribution in [3.8, 4) is 17.2 Å². The number of halogens is 4. The third kappa shape index (κ3) is 5.76. The van der Waals surface area contributed by atoms with Gasteiger partial charge in [-0.3, -0.25) is 0 Å². The van der Waals surface area contributed by atoms with E-state index in [2.05, 4.69) is 19.8 Å². The molecule has 1 atom stereocenters. The van der Waals surface area contributed by atoms with Gasteiger partial charge in [0.1, 0.15) is 17.2 Å². The van der Waals surface area contributed by atoms with Crippen LogP contribution < -0.4 is 14.2 Å². The van der Waals surface area contributed by atoms with Gasteiger partial charge in [-0.25, -0.2) is 4.99 Å². The molecule has 0 saturated carbocycles. The summed E-state index contributed by atoms with van der Waals surface area (Å²) in [4.78, 5) is 7.34. The number of hydrogen-bond donors (Lipinski definition) is 0. The molecule has 216 valence electrons. The molecule has 2 heterocycles. The maximum atomic E-state index is 12.8. The Morgan fingerprint density at radius 3 is 2.07 bits per heavy atom. The Balaban J connectivity index is 1.41. The zero-order chi connectivity index (χ0) is 29.2. The largest absolute Gasteiger partial charge is 0.497 e. The smallest absolute Gasteiger partial charge is 0.387 e. The number of fused-ring (bicyclic) bond motifs is 1. The number of ether oxygens (including phenoxy) is 3. The van der Waals surface area contributed by atoms with Gasteiger partial charge in [-0.05, 0) is 102 Å². The molecule has 5 nitrogen and oxygen atoms in total. The average Bonchev–Trinajstić information content (AvgIpc) is 3.41. The predicted octanol–water partition coefficient (Wildman–Crippen LogP) is 8.88. The number of nitrogens with zero attached hydrogens (tertiary/aromatic N) is 2. The monoisotopic (exact) mass is 594 g/mol. The summed E-state index contributed by atoms with van der Waals surface area (Å²) in [6.45, 7) is -5.78. The van der Waals surface area contributed by atoms with Crippen LogP contribution in [0.1, 0.15) is 42.0 Å². The van der Waals surface area contributed by atoms with E-state index in [0.717, 1.165) is 69.4 Å². The molecule has 1 aliphatic carbocycles. The lowest BCUT2D eigenvalue weighted by Crippen LogP contribution is -2.34. The average molecular weight is 595 g/mol. The van der Waals surface area contributed by atoms with Crippen LogP contribution in [0.15, 0.2) is 100 Å². The van der Waals surface area contributed by atoms with E-state index in [4.69, 9.17) is 9.73 Å². The van der Waals surface area contributed by atoms with Crippen molar-refractivity contribution in [2.45, 2.75) is 38.5 Å². The molecule has 3 aromatic carbocycles. The molecule has 42 heavy (non-hydrogen) atoms. The first-order chi connectivity index (χ1) is 20.4. The number of allylic oxidation sites excluding steroid dienone is 1. The molecule has 2 aliphatic heterocycles. The first-order valence-electron chi connectivity index (χ1n) is 13.3. The zero-order valence-corrected chi connectivity index (χ0v) is 23.3. The van der Waals surface area contributed by atoms with Gasteiger partial charge >= 0.3 is 13.2 Å². The molecule has 0 bridgehead atoms. The van der Waals surface area contributed by atoms with Crippen LogP contribution in [-0.4, -0.2) is 30.4 Å². The second-order valence-corrected chi connectivity index (χ2v) is 10.6. The number of methoxy groups -OCH3 is 1. The molecule has 0 fully saturated rings. The summed E-state index contributed by atoms with van der Waals surface area (Å²) >= 11 is 1.53. The van der Waals surface area contributed by atoms with Crippen molar-refractivity contribution in [3.63, 3.8) is 0 Å². The number of benzene rings is 3. The SMILES string of the molecule is COc1ccc(C2=CSC3=NC4=C(CCCC4=Cc4ccc(OC(F)F)cc4)C(c4ccc(OC(F)F)cc4)N23)cc1. The van der Waals surface area contributed by atoms with Gasteiger partial charge in [-0.15, -0.1) is 0 Å². The highest BCUT2D eigenvalue weighted by molar-refractivity contribution is 8.16. The van der Waals surface area contributed by atoms with Crippen LogP contribution in [0.25, 0.3) is 11.8 Å². The van der Waals surface area contributed by atoms with Gasteiger partial charge in [0.25, 0.3) is 0 Å². The predicted molar refractivity (Wildman–Crippen MR) is 156 cm³/mol. The van der Waals surface area contributed by atoms with E-state index in [9.17, 15) is 17.6 Å². The Labute approximate surface area is 244 Å². The topological polar surface area (TPSA) is 43.3 Å². The van der Waals surface area contributed by atoms with E-state index >= 15 is 0 Å². The number of aliphatic imine (C=N–C) groups is 1. The Bertz CT molecular complexity index is 1570. The fraction of sp³-hybridized carbons (Fsp3) is 0.219. The van der Waals surface area contributed by atoms with Crippen LogP contribution >= 0.6 is 11.8 Å². The molecule has 10 heteroatoms. The molecule has 0 aromatic heterocycles. The van der Waals surface area contributed by atoms with Gasteiger partial charge in [0.15, 0.2) is 5.17 Å². The fourth-order valence-corrected chi connectivity index (χ4v) is 6.39. The summed E-state index contributed by atoms with van der Waals surface area (Å²) < 4.78 is 65.3. The molecule has 0 radical (unpaired) electrons. The normalized spacial score (nSPS) is 19.1. The molecule has 0 spiro atoms. The lowest BCUT2D eigenvalue weighted by molar-refractivity contribution is -0.0505. The third-order valence-corrected chi connectivity index (χ3v) is 8.13. The molecular weight excluding hydrogens is 568 g/mol. The zero-order valence-electron chi connectivity index (χ0n) is 22.5. The van der Waals surface area contributed by atoms with Gasteiger partial charge in [-0.1, -0.05) is 36.0 Å². The summed E-state index contributed by atoms with van der Waals surface area (Å²) in [5.41, 5.74) is 6.83. The minimum atomic E-state index is -2.90. The second kappa shape index (κ2) is 12.0. The summed E-state index contributed by atoms with van der Waals surface area (Å²) in [6.07, 6.45) is 4.55. The van der Waals surface area contributed by atoms with Crippen molar-refractivity contribution in [2.75, 3.05) is 7.11 Å². The highest BCUT2D eigenvalue weighted by atomic mass is 32.2. The van der Waals surface area contributed by atoms with Crippen LogP contribution in [0.4, 0.5) is 17.6 Å². The summed E-state index contributed by atoms with van der Waals surface area (Å²) in [5.74, 6) is 0.950. The minimum absolute atomic E-state index is 0.0952. The van der Waals surface area contributed by atoms with Crippen LogP contribution in [0.5, 0.6) is 17.2 Å². The van der Waals surface area contributed by atoms with E-state index in [1.165, 1.54) is 23.9 Å². The molecule has 6 rings (SSSR count). The van der Waals surface area contributed by atoms with Crippen LogP contribution in [0.2, 0.25) is 0 Å². The number of hydrogen-bond acceptors (Lipinski definition) is 6. The number of alkyl halides is 4. The highest BCUT2D eigenvalue weighted by Crippen LogP contribution is 2.51. The van der Waals surface area contributed by atoms with Crippen LogP contribution in [0, 0.1) is 0 Å². The second-order valence-electron chi connectivity index (χ2n) is 9.81. The van der Waals surface area contributed by atoms with Gasteiger partial charge < -0.3 is 19.1 Å². The quantitative estimate of drug-likeness (QED) is 0.244. The van der Waals surface area contributed by atoms with E-state index in [1.807, 2.05) is 42.5 Å². The minimum Gasteiger partial charge on any atom is -0.497 e. The fourth-order valence-electron chi connectivity index (χ4n) is 5.47. The van der Waals surface area contributed by atoms with Crippen molar-refractivity contribution in [1.82, 2.24) is 4.90 Å². The lowest BCUT2D eigenvalue weighted by atomic mass is 9.82. The third-order valence-electron chi connectivity index (χ3n) is 7.29. The van der Waals surface area contributed by atoms with Crippen molar-refractivity contribution in [2.24, 2.45) is 4.99 Å². The lowest BCUT2D eigenvalue weighted by Gasteiger charge is -2.40. The van der Waals surface area contributed by atoms with Gasteiger partial charge in [0.05, 0.1) is 24.5 Å². The Morgan fingerprint density at radius 1 is 0.833 bits per heavy atom. The summed E-state index contributed by atoms with van der Waals surface area (Å²) in [5, 5.41) is 2.89. The standard InChI is InChI=1S/C32H26F4N2O3S/c1-39-23-13-7-20(8-14-23)27-18-42-32-37-28-22(17-19-5-11-24(12-6-19)40-30(33)34)3-2-4-26(28)29(38(27)32)21-9-15-25(16-10-21)41-31(35)36/h5-18,29-31H,2-4H2,1H3. The number of amidine groups is 1. The number of rotatable bonds is 8. The first-order valence-corrected chi connectivity index (χ1v) is 14.2. The van der Waals surface area contributed by atoms with E-state index in [-0.39, 0.29) is 17.5 Å². The molecule has 0 amide bonds. The molecule has 0 saturated heterocycles. The summed E-state index contributed by atoms with van der Waals surface area (Å²) in [6, 6.07) is 20.9. The molecule has 1 unspecified atom stereocenters. The maximum absolute atomic E-state index is 12.8. The van der Waals surface area contributed by atoms with Crippen molar-refractivity contribution in [3.05, 3.63) is 112 Å². The van der Waals surface area contributed by atoms with E-state index < -0.39 is 13.2 Å². The van der Waals surface area contributed by atoms with Gasteiger partial charge in [-0.2, -0.15) is 17.6 Å². The van der Waals surface area contributed by atoms with E-state index in [1.54, 1.807) is 31.4 Å². The Kier molecular flexibility index (Phi) is 7.97. The van der Waals surface area contributed by atoms with Crippen molar-refractivity contribution < 1.29 is 31.8 Å². The van der Waals surface area contributed by atoms with Gasteiger partial charge in [0, 0.05) is 5.41 Å². The first kappa shape index (κ1) is 28.0. The molecule has 3 aromatic rings. The number of thioether (sulfide) groups is 1. The van der Waals surface area contributed by atoms with Crippen molar-refractivity contribution in [1.29, 1.82) is 0 Å². The van der Waals surface area contributed by atoms with Crippen LogP contribution in [0.3, 0.4) is 0 Å². The Hall–Kier alpha value is -4.18. The molecule has 0 N–H and O–H groups in total. The Morgan fingerprint density at radius 2 is 1.45 bits per heavy atom. The van der Waals surface area contributed by atoms with Crippen LogP contribution in [-0.2, 0) is 0 Å². The van der Waals surface area contributed by atoms with Crippen molar-refractivity contribution >= 4 is 28.7 Å². The van der Waals surface area contributed by atoms with E-state index in [0.29, 0.717) is 0 Å². The maximum Gasteiger partial charge on any atom is 0.387 e.